The predicted molar refractivity (Wildman–Crippen MR) is 97.6 cm³/mol. The van der Waals surface area contributed by atoms with E-state index >= 15 is 0 Å². The molecule has 2 aromatic rings. The van der Waals surface area contributed by atoms with E-state index in [0.29, 0.717) is 11.3 Å². The number of aromatic nitrogens is 1. The van der Waals surface area contributed by atoms with E-state index in [1.807, 2.05) is 12.4 Å². The molecule has 122 valence electrons. The number of nitrogens with zero attached hydrogens (tertiary/aromatic N) is 1. The molecule has 23 heavy (non-hydrogen) atoms. The van der Waals surface area contributed by atoms with Crippen molar-refractivity contribution >= 4 is 0 Å². The van der Waals surface area contributed by atoms with Gasteiger partial charge in [0.1, 0.15) is 0 Å². The minimum atomic E-state index is 0.531. The standard InChI is InChI=1S/C22H29N/c1-22(14-6-3-7-15-22)18-21(20-12-16-23-17-13-20)11-10-19-8-4-2-5-9-19/h2,4-5,8-9,12-13,16-17,21H,3,6-7,10-11,14-15,18H2,1H3/t21-/m1/s1. The summed E-state index contributed by atoms with van der Waals surface area (Å²) in [6, 6.07) is 15.4. The summed E-state index contributed by atoms with van der Waals surface area (Å²) >= 11 is 0. The van der Waals surface area contributed by atoms with Crippen molar-refractivity contribution in [3.63, 3.8) is 0 Å². The van der Waals surface area contributed by atoms with Gasteiger partial charge in [-0.05, 0) is 66.7 Å². The van der Waals surface area contributed by atoms with Crippen LogP contribution in [-0.4, -0.2) is 4.98 Å². The van der Waals surface area contributed by atoms with Gasteiger partial charge in [-0.3, -0.25) is 4.98 Å². The molecule has 0 unspecified atom stereocenters. The van der Waals surface area contributed by atoms with E-state index in [0.717, 1.165) is 0 Å². The molecule has 1 saturated carbocycles. The van der Waals surface area contributed by atoms with Crippen molar-refractivity contribution in [1.29, 1.82) is 0 Å². The molecule has 0 N–H and O–H groups in total. The Labute approximate surface area is 141 Å². The van der Waals surface area contributed by atoms with E-state index in [1.165, 1.54) is 62.5 Å². The normalized spacial score (nSPS) is 18.5. The fraction of sp³-hybridized carbons (Fsp3) is 0.500. The van der Waals surface area contributed by atoms with Gasteiger partial charge < -0.3 is 0 Å². The second kappa shape index (κ2) is 7.77. The number of pyridine rings is 1. The maximum absolute atomic E-state index is 4.21. The highest BCUT2D eigenvalue weighted by Crippen LogP contribution is 2.44. The van der Waals surface area contributed by atoms with Crippen molar-refractivity contribution in [3.05, 3.63) is 66.0 Å². The molecule has 1 heteroatoms. The van der Waals surface area contributed by atoms with Crippen LogP contribution in [0.25, 0.3) is 0 Å². The molecule has 0 aliphatic heterocycles. The molecule has 1 atom stereocenters. The fourth-order valence-electron chi connectivity index (χ4n) is 4.21. The summed E-state index contributed by atoms with van der Waals surface area (Å²) in [6.45, 7) is 2.52. The third-order valence-corrected chi connectivity index (χ3v) is 5.60. The monoisotopic (exact) mass is 307 g/mol. The molecule has 1 aliphatic carbocycles. The van der Waals surface area contributed by atoms with Gasteiger partial charge in [0, 0.05) is 12.4 Å². The first-order chi connectivity index (χ1) is 11.3. The molecule has 1 aromatic heterocycles. The molecule has 1 nitrogen and oxygen atoms in total. The SMILES string of the molecule is CC1(C[C@@H](CCc2ccccc2)c2ccncc2)CCCCC1. The van der Waals surface area contributed by atoms with Crippen LogP contribution in [0.3, 0.4) is 0 Å². The zero-order valence-corrected chi connectivity index (χ0v) is 14.4. The van der Waals surface area contributed by atoms with Crippen LogP contribution in [0, 0.1) is 5.41 Å². The van der Waals surface area contributed by atoms with Crippen LogP contribution in [-0.2, 0) is 6.42 Å². The minimum absolute atomic E-state index is 0.531. The highest BCUT2D eigenvalue weighted by atomic mass is 14.6. The molecule has 0 radical (unpaired) electrons. The Bertz CT molecular complexity index is 569. The van der Waals surface area contributed by atoms with E-state index < -0.39 is 0 Å². The summed E-state index contributed by atoms with van der Waals surface area (Å²) in [5.74, 6) is 0.654. The molecule has 0 saturated heterocycles. The highest BCUT2D eigenvalue weighted by molar-refractivity contribution is 5.19. The van der Waals surface area contributed by atoms with Gasteiger partial charge in [-0.15, -0.1) is 0 Å². The lowest BCUT2D eigenvalue weighted by Crippen LogP contribution is -2.23. The first-order valence-corrected chi connectivity index (χ1v) is 9.19. The van der Waals surface area contributed by atoms with Crippen molar-refractivity contribution in [2.24, 2.45) is 5.41 Å². The van der Waals surface area contributed by atoms with Gasteiger partial charge in [-0.2, -0.15) is 0 Å². The van der Waals surface area contributed by atoms with Gasteiger partial charge in [0.05, 0.1) is 0 Å². The lowest BCUT2D eigenvalue weighted by atomic mass is 9.68. The Morgan fingerprint density at radius 3 is 2.35 bits per heavy atom. The Kier molecular flexibility index (Phi) is 5.48. The van der Waals surface area contributed by atoms with Crippen LogP contribution < -0.4 is 0 Å². The van der Waals surface area contributed by atoms with Crippen molar-refractivity contribution in [3.8, 4) is 0 Å². The average molecular weight is 307 g/mol. The molecule has 1 aliphatic rings. The van der Waals surface area contributed by atoms with Crippen LogP contribution >= 0.6 is 0 Å². The van der Waals surface area contributed by atoms with Gasteiger partial charge in [-0.25, -0.2) is 0 Å². The summed E-state index contributed by atoms with van der Waals surface area (Å²) in [7, 11) is 0. The van der Waals surface area contributed by atoms with E-state index in [9.17, 15) is 0 Å². The lowest BCUT2D eigenvalue weighted by molar-refractivity contribution is 0.181. The Morgan fingerprint density at radius 1 is 0.957 bits per heavy atom. The van der Waals surface area contributed by atoms with Crippen LogP contribution in [0.4, 0.5) is 0 Å². The maximum Gasteiger partial charge on any atom is 0.0270 e. The zero-order valence-electron chi connectivity index (χ0n) is 14.4. The van der Waals surface area contributed by atoms with Crippen LogP contribution in [0.2, 0.25) is 0 Å². The molecule has 0 bridgehead atoms. The molecule has 1 heterocycles. The average Bonchev–Trinajstić information content (AvgIpc) is 2.61. The summed E-state index contributed by atoms with van der Waals surface area (Å²) < 4.78 is 0. The van der Waals surface area contributed by atoms with Gasteiger partial charge in [-0.1, -0.05) is 56.5 Å². The third-order valence-electron chi connectivity index (χ3n) is 5.60. The Hall–Kier alpha value is -1.63. The van der Waals surface area contributed by atoms with Crippen molar-refractivity contribution in [1.82, 2.24) is 4.98 Å². The number of hydrogen-bond donors (Lipinski definition) is 0. The topological polar surface area (TPSA) is 12.9 Å². The van der Waals surface area contributed by atoms with Gasteiger partial charge >= 0.3 is 0 Å². The van der Waals surface area contributed by atoms with Crippen molar-refractivity contribution < 1.29 is 0 Å². The molecule has 1 fully saturated rings. The first kappa shape index (κ1) is 16.2. The predicted octanol–water partition coefficient (Wildman–Crippen LogP) is 6.16. The molecule has 0 spiro atoms. The molecule has 3 rings (SSSR count). The molecule has 0 amide bonds. The largest absolute Gasteiger partial charge is 0.265 e. The molecular formula is C22H29N. The molecule has 1 aromatic carbocycles. The summed E-state index contributed by atoms with van der Waals surface area (Å²) in [6.07, 6.45) is 14.7. The number of aryl methyl sites for hydroxylation is 1. The zero-order chi connectivity index (χ0) is 16.0. The summed E-state index contributed by atoms with van der Waals surface area (Å²) in [5, 5.41) is 0. The van der Waals surface area contributed by atoms with Crippen LogP contribution in [0.15, 0.2) is 54.9 Å². The fourth-order valence-corrected chi connectivity index (χ4v) is 4.21. The van der Waals surface area contributed by atoms with E-state index in [-0.39, 0.29) is 0 Å². The minimum Gasteiger partial charge on any atom is -0.265 e. The van der Waals surface area contributed by atoms with Gasteiger partial charge in [0.25, 0.3) is 0 Å². The first-order valence-electron chi connectivity index (χ1n) is 9.19. The molecular weight excluding hydrogens is 278 g/mol. The van der Waals surface area contributed by atoms with Crippen LogP contribution in [0.1, 0.15) is 68.9 Å². The summed E-state index contributed by atoms with van der Waals surface area (Å²) in [4.78, 5) is 4.21. The van der Waals surface area contributed by atoms with E-state index in [4.69, 9.17) is 0 Å². The van der Waals surface area contributed by atoms with E-state index in [1.54, 1.807) is 0 Å². The summed E-state index contributed by atoms with van der Waals surface area (Å²) in [5.41, 5.74) is 3.46. The van der Waals surface area contributed by atoms with Gasteiger partial charge in [0.2, 0.25) is 0 Å². The van der Waals surface area contributed by atoms with Gasteiger partial charge in [0.15, 0.2) is 0 Å². The Balaban J connectivity index is 1.71. The lowest BCUT2D eigenvalue weighted by Gasteiger charge is -2.37. The Morgan fingerprint density at radius 2 is 1.65 bits per heavy atom. The van der Waals surface area contributed by atoms with Crippen molar-refractivity contribution in [2.45, 2.75) is 64.2 Å². The second-order valence-corrected chi connectivity index (χ2v) is 7.58. The number of rotatable bonds is 6. The maximum atomic E-state index is 4.21. The number of hydrogen-bond acceptors (Lipinski definition) is 1. The van der Waals surface area contributed by atoms with E-state index in [2.05, 4.69) is 54.4 Å². The smallest absolute Gasteiger partial charge is 0.0270 e. The second-order valence-electron chi connectivity index (χ2n) is 7.58. The quantitative estimate of drug-likeness (QED) is 0.623. The van der Waals surface area contributed by atoms with Crippen molar-refractivity contribution in [2.75, 3.05) is 0 Å². The highest BCUT2D eigenvalue weighted by Gasteiger charge is 2.30. The third kappa shape index (κ3) is 4.67. The van der Waals surface area contributed by atoms with Crippen LogP contribution in [0.5, 0.6) is 0 Å². The number of benzene rings is 1.